The van der Waals surface area contributed by atoms with E-state index in [2.05, 4.69) is 5.32 Å². The van der Waals surface area contributed by atoms with Crippen LogP contribution in [0.15, 0.2) is 18.2 Å². The smallest absolute Gasteiger partial charge is 0.224 e. The lowest BCUT2D eigenvalue weighted by molar-refractivity contribution is -0.123. The van der Waals surface area contributed by atoms with Crippen LogP contribution in [-0.4, -0.2) is 26.5 Å². The van der Waals surface area contributed by atoms with Crippen LogP contribution in [0.4, 0.5) is 11.4 Å². The Morgan fingerprint density at radius 3 is 2.76 bits per heavy atom. The fraction of sp³-hybridized carbons (Fsp3) is 0.417. The van der Waals surface area contributed by atoms with Crippen molar-refractivity contribution in [2.45, 2.75) is 6.92 Å². The molecule has 0 bridgehead atoms. The number of carbonyl (C=O) groups is 1. The van der Waals surface area contributed by atoms with E-state index in [1.807, 2.05) is 24.9 Å². The van der Waals surface area contributed by atoms with Crippen molar-refractivity contribution in [2.24, 2.45) is 5.92 Å². The van der Waals surface area contributed by atoms with Gasteiger partial charge in [0.25, 0.3) is 0 Å². The molecule has 0 saturated heterocycles. The van der Waals surface area contributed by atoms with Gasteiger partial charge < -0.3 is 16.0 Å². The number of nitrogens with two attached hydrogens (primary N) is 1. The Labute approximate surface area is 107 Å². The highest BCUT2D eigenvalue weighted by Crippen LogP contribution is 2.27. The summed E-state index contributed by atoms with van der Waals surface area (Å²) in [7, 11) is 3.53. The summed E-state index contributed by atoms with van der Waals surface area (Å²) < 4.78 is 0. The minimum absolute atomic E-state index is 0.0171. The van der Waals surface area contributed by atoms with Gasteiger partial charge in [0.1, 0.15) is 0 Å². The van der Waals surface area contributed by atoms with Gasteiger partial charge in [-0.2, -0.15) is 0 Å². The van der Waals surface area contributed by atoms with Crippen LogP contribution in [0.1, 0.15) is 6.92 Å². The SMILES string of the molecule is CNC(=O)C(C)CN(C)c1ccc(N)cc1Cl. The highest BCUT2D eigenvalue weighted by atomic mass is 35.5. The van der Waals surface area contributed by atoms with E-state index in [-0.39, 0.29) is 11.8 Å². The average Bonchev–Trinajstić information content (AvgIpc) is 2.27. The van der Waals surface area contributed by atoms with Crippen LogP contribution in [0.5, 0.6) is 0 Å². The van der Waals surface area contributed by atoms with E-state index in [9.17, 15) is 4.79 Å². The topological polar surface area (TPSA) is 58.4 Å². The Morgan fingerprint density at radius 1 is 1.59 bits per heavy atom. The van der Waals surface area contributed by atoms with Crippen LogP contribution in [0.3, 0.4) is 0 Å². The molecule has 0 spiro atoms. The summed E-state index contributed by atoms with van der Waals surface area (Å²) in [6, 6.07) is 5.36. The molecular formula is C12H18ClN3O. The number of carbonyl (C=O) groups excluding carboxylic acids is 1. The second-order valence-corrected chi connectivity index (χ2v) is 4.51. The Kier molecular flexibility index (Phi) is 4.63. The predicted octanol–water partition coefficient (Wildman–Crippen LogP) is 1.74. The molecule has 0 fully saturated rings. The maximum atomic E-state index is 11.4. The molecule has 17 heavy (non-hydrogen) atoms. The second kappa shape index (κ2) is 5.77. The number of rotatable bonds is 4. The normalized spacial score (nSPS) is 12.0. The number of amides is 1. The van der Waals surface area contributed by atoms with Crippen LogP contribution in [0.25, 0.3) is 0 Å². The van der Waals surface area contributed by atoms with E-state index in [1.54, 1.807) is 19.2 Å². The molecule has 1 unspecified atom stereocenters. The number of hydrogen-bond acceptors (Lipinski definition) is 3. The zero-order chi connectivity index (χ0) is 13.0. The fourth-order valence-corrected chi connectivity index (χ4v) is 2.00. The van der Waals surface area contributed by atoms with Crippen LogP contribution in [-0.2, 0) is 4.79 Å². The average molecular weight is 256 g/mol. The van der Waals surface area contributed by atoms with E-state index in [1.165, 1.54) is 0 Å². The zero-order valence-electron chi connectivity index (χ0n) is 10.3. The zero-order valence-corrected chi connectivity index (χ0v) is 11.1. The van der Waals surface area contributed by atoms with Crippen LogP contribution >= 0.6 is 11.6 Å². The largest absolute Gasteiger partial charge is 0.399 e. The quantitative estimate of drug-likeness (QED) is 0.806. The van der Waals surface area contributed by atoms with Crippen molar-refractivity contribution in [3.63, 3.8) is 0 Å². The molecule has 1 aromatic carbocycles. The van der Waals surface area contributed by atoms with Gasteiger partial charge in [-0.05, 0) is 18.2 Å². The Balaban J connectivity index is 2.76. The molecule has 0 aliphatic heterocycles. The maximum absolute atomic E-state index is 11.4. The van der Waals surface area contributed by atoms with Gasteiger partial charge in [0.2, 0.25) is 5.91 Å². The van der Waals surface area contributed by atoms with Gasteiger partial charge in [0, 0.05) is 26.3 Å². The molecule has 4 nitrogen and oxygen atoms in total. The summed E-state index contributed by atoms with van der Waals surface area (Å²) in [5.41, 5.74) is 7.13. The number of nitrogens with one attached hydrogen (secondary N) is 1. The number of anilines is 2. The third-order valence-electron chi connectivity index (χ3n) is 2.62. The first kappa shape index (κ1) is 13.6. The van der Waals surface area contributed by atoms with Crippen molar-refractivity contribution >= 4 is 28.9 Å². The molecule has 0 aromatic heterocycles. The monoisotopic (exact) mass is 255 g/mol. The van der Waals surface area contributed by atoms with Gasteiger partial charge >= 0.3 is 0 Å². The first-order valence-electron chi connectivity index (χ1n) is 5.43. The molecule has 3 N–H and O–H groups in total. The third-order valence-corrected chi connectivity index (χ3v) is 2.93. The molecule has 0 aliphatic rings. The van der Waals surface area contributed by atoms with Gasteiger partial charge in [-0.25, -0.2) is 0 Å². The number of hydrogen-bond donors (Lipinski definition) is 2. The highest BCUT2D eigenvalue weighted by molar-refractivity contribution is 6.33. The molecule has 5 heteroatoms. The van der Waals surface area contributed by atoms with Gasteiger partial charge in [-0.15, -0.1) is 0 Å². The van der Waals surface area contributed by atoms with E-state index in [0.29, 0.717) is 17.3 Å². The Bertz CT molecular complexity index is 409. The van der Waals surface area contributed by atoms with E-state index in [4.69, 9.17) is 17.3 Å². The molecule has 1 aromatic rings. The van der Waals surface area contributed by atoms with E-state index >= 15 is 0 Å². The van der Waals surface area contributed by atoms with Gasteiger partial charge in [-0.1, -0.05) is 18.5 Å². The van der Waals surface area contributed by atoms with Gasteiger partial charge in [-0.3, -0.25) is 4.79 Å². The first-order chi connectivity index (χ1) is 7.95. The van der Waals surface area contributed by atoms with Crippen molar-refractivity contribution in [1.82, 2.24) is 5.32 Å². The molecule has 0 heterocycles. The molecule has 94 valence electrons. The van der Waals surface area contributed by atoms with Crippen LogP contribution < -0.4 is 16.0 Å². The molecule has 0 aliphatic carbocycles. The van der Waals surface area contributed by atoms with Crippen molar-refractivity contribution in [1.29, 1.82) is 0 Å². The lowest BCUT2D eigenvalue weighted by Gasteiger charge is -2.23. The van der Waals surface area contributed by atoms with Crippen LogP contribution in [0.2, 0.25) is 5.02 Å². The maximum Gasteiger partial charge on any atom is 0.224 e. The molecule has 1 atom stereocenters. The van der Waals surface area contributed by atoms with Crippen molar-refractivity contribution < 1.29 is 4.79 Å². The lowest BCUT2D eigenvalue weighted by Crippen LogP contribution is -2.34. The minimum Gasteiger partial charge on any atom is -0.399 e. The number of halogens is 1. The predicted molar refractivity (Wildman–Crippen MR) is 72.4 cm³/mol. The molecule has 0 radical (unpaired) electrons. The summed E-state index contributed by atoms with van der Waals surface area (Å²) in [6.45, 7) is 2.48. The van der Waals surface area contributed by atoms with Gasteiger partial charge in [0.05, 0.1) is 16.6 Å². The van der Waals surface area contributed by atoms with Crippen molar-refractivity contribution in [3.05, 3.63) is 23.2 Å². The lowest BCUT2D eigenvalue weighted by atomic mass is 10.1. The molecule has 1 amide bonds. The summed E-state index contributed by atoms with van der Waals surface area (Å²) in [5, 5.41) is 3.22. The standard InChI is InChI=1S/C12H18ClN3O/c1-8(12(17)15-2)7-16(3)11-5-4-9(14)6-10(11)13/h4-6,8H,7,14H2,1-3H3,(H,15,17). The fourth-order valence-electron chi connectivity index (χ4n) is 1.67. The van der Waals surface area contributed by atoms with E-state index in [0.717, 1.165) is 5.69 Å². The van der Waals surface area contributed by atoms with E-state index < -0.39 is 0 Å². The summed E-state index contributed by atoms with van der Waals surface area (Å²) >= 11 is 6.10. The summed E-state index contributed by atoms with van der Waals surface area (Å²) in [5.74, 6) is -0.0814. The third kappa shape index (κ3) is 3.53. The highest BCUT2D eigenvalue weighted by Gasteiger charge is 2.15. The number of nitrogen functional groups attached to an aromatic ring is 1. The summed E-state index contributed by atoms with van der Waals surface area (Å²) in [6.07, 6.45) is 0. The summed E-state index contributed by atoms with van der Waals surface area (Å²) in [4.78, 5) is 13.4. The Hall–Kier alpha value is -1.42. The molecular weight excluding hydrogens is 238 g/mol. The van der Waals surface area contributed by atoms with Crippen molar-refractivity contribution in [3.8, 4) is 0 Å². The molecule has 0 saturated carbocycles. The molecule has 1 rings (SSSR count). The van der Waals surface area contributed by atoms with Gasteiger partial charge in [0.15, 0.2) is 0 Å². The van der Waals surface area contributed by atoms with Crippen molar-refractivity contribution in [2.75, 3.05) is 31.3 Å². The van der Waals surface area contributed by atoms with Crippen LogP contribution in [0, 0.1) is 5.92 Å². The number of nitrogens with zero attached hydrogens (tertiary/aromatic N) is 1. The Morgan fingerprint density at radius 2 is 2.24 bits per heavy atom. The number of benzene rings is 1. The first-order valence-corrected chi connectivity index (χ1v) is 5.81. The minimum atomic E-state index is -0.0985. The second-order valence-electron chi connectivity index (χ2n) is 4.11.